The van der Waals surface area contributed by atoms with Crippen molar-refractivity contribution >= 4 is 39.7 Å². The van der Waals surface area contributed by atoms with E-state index in [0.717, 1.165) is 0 Å². The van der Waals surface area contributed by atoms with Gasteiger partial charge < -0.3 is 27.3 Å². The van der Waals surface area contributed by atoms with Crippen LogP contribution in [0.4, 0.5) is 0 Å². The molecule has 29 heavy (non-hydrogen) atoms. The summed E-state index contributed by atoms with van der Waals surface area (Å²) in [7, 11) is -9.20. The molecule has 0 aliphatic carbocycles. The van der Waals surface area contributed by atoms with E-state index in [1.54, 1.807) is 6.92 Å². The summed E-state index contributed by atoms with van der Waals surface area (Å²) in [5.74, 6) is -0.599. The molecule has 11 heteroatoms. The highest BCUT2D eigenvalue weighted by Crippen LogP contribution is 2.31. The van der Waals surface area contributed by atoms with E-state index >= 15 is 0 Å². The number of aliphatic hydroxyl groups is 2. The molecule has 0 saturated carbocycles. The van der Waals surface area contributed by atoms with Gasteiger partial charge in [-0.05, 0) is 72.3 Å². The van der Waals surface area contributed by atoms with E-state index in [-0.39, 0.29) is 12.0 Å². The maximum Gasteiger partial charge on any atom is 0.469 e. The monoisotopic (exact) mass is 482 g/mol. The molecule has 0 amide bonds. The third-order valence-electron chi connectivity index (χ3n) is 3.34. The van der Waals surface area contributed by atoms with Crippen molar-refractivity contribution < 1.29 is 32.1 Å². The first-order valence-corrected chi connectivity index (χ1v) is 22.2. The topological polar surface area (TPSA) is 94.5 Å². The summed E-state index contributed by atoms with van der Waals surface area (Å²) in [6, 6.07) is 0.400. The molecule has 2 N–H and O–H groups in total. The summed E-state index contributed by atoms with van der Waals surface area (Å²) >= 11 is 0. The van der Waals surface area contributed by atoms with E-state index in [9.17, 15) is 15.0 Å². The second kappa shape index (κ2) is 11.0. The highest BCUT2D eigenvalue weighted by atomic mass is 28.5. The van der Waals surface area contributed by atoms with Gasteiger partial charge in [0.15, 0.2) is 25.0 Å². The van der Waals surface area contributed by atoms with Gasteiger partial charge in [-0.1, -0.05) is 6.58 Å². The fraction of sp³-hybridized carbons (Fsp3) is 0.833. The van der Waals surface area contributed by atoms with E-state index in [1.165, 1.54) is 0 Å². The minimum atomic E-state index is -3.12. The zero-order valence-electron chi connectivity index (χ0n) is 19.9. The van der Waals surface area contributed by atoms with E-state index < -0.39 is 58.5 Å². The van der Waals surface area contributed by atoms with Crippen LogP contribution in [0.5, 0.6) is 0 Å². The van der Waals surface area contributed by atoms with E-state index in [4.69, 9.17) is 17.1 Å². The van der Waals surface area contributed by atoms with Crippen LogP contribution >= 0.6 is 0 Å². The molecule has 0 aromatic heterocycles. The Kier molecular flexibility index (Phi) is 10.9. The third kappa shape index (κ3) is 13.0. The quantitative estimate of drug-likeness (QED) is 0.235. The summed E-state index contributed by atoms with van der Waals surface area (Å²) in [5, 5.41) is 19.6. The van der Waals surface area contributed by atoms with Crippen molar-refractivity contribution in [3.8, 4) is 0 Å². The molecular formula is C18H42O7Si4. The molecule has 0 radical (unpaired) electrons. The van der Waals surface area contributed by atoms with Gasteiger partial charge >= 0.3 is 14.8 Å². The van der Waals surface area contributed by atoms with Gasteiger partial charge in [0.1, 0.15) is 12.2 Å². The average Bonchev–Trinajstić information content (AvgIpc) is 2.44. The smallest absolute Gasteiger partial charge is 0.456 e. The molecule has 2 atom stereocenters. The molecule has 0 fully saturated rings. The first-order valence-electron chi connectivity index (χ1n) is 10.1. The van der Waals surface area contributed by atoms with Crippen molar-refractivity contribution in [2.75, 3.05) is 6.61 Å². The van der Waals surface area contributed by atoms with Gasteiger partial charge in [0.2, 0.25) is 0 Å². The fourth-order valence-electron chi connectivity index (χ4n) is 2.62. The Morgan fingerprint density at radius 2 is 1.28 bits per heavy atom. The molecule has 0 saturated heterocycles. The van der Waals surface area contributed by atoms with Crippen LogP contribution in [0.2, 0.25) is 65.0 Å². The number of hydrogen-bond donors (Lipinski definition) is 2. The van der Waals surface area contributed by atoms with Gasteiger partial charge in [-0.25, -0.2) is 4.79 Å². The number of aliphatic hydroxyl groups excluding tert-OH is 2. The van der Waals surface area contributed by atoms with Crippen LogP contribution in [-0.2, 0) is 21.9 Å². The van der Waals surface area contributed by atoms with Crippen LogP contribution in [0, 0.1) is 0 Å². The number of rotatable bonds is 13. The Morgan fingerprint density at radius 1 is 0.897 bits per heavy atom. The lowest BCUT2D eigenvalue weighted by molar-refractivity contribution is -0.152. The molecule has 0 rings (SSSR count). The zero-order chi connectivity index (χ0) is 23.3. The molecule has 0 bridgehead atoms. The average molecular weight is 483 g/mol. The van der Waals surface area contributed by atoms with Crippen LogP contribution in [0.1, 0.15) is 13.3 Å². The van der Waals surface area contributed by atoms with Gasteiger partial charge in [-0.15, -0.1) is 0 Å². The Bertz CT molecular complexity index is 509. The van der Waals surface area contributed by atoms with Gasteiger partial charge in [0.25, 0.3) is 0 Å². The Labute approximate surface area is 181 Å². The van der Waals surface area contributed by atoms with Crippen LogP contribution in [0.3, 0.4) is 0 Å². The van der Waals surface area contributed by atoms with Crippen molar-refractivity contribution in [3.63, 3.8) is 0 Å². The van der Waals surface area contributed by atoms with Crippen LogP contribution in [0.15, 0.2) is 12.2 Å². The van der Waals surface area contributed by atoms with Crippen molar-refractivity contribution in [3.05, 3.63) is 12.2 Å². The molecule has 0 aromatic carbocycles. The van der Waals surface area contributed by atoms with Crippen molar-refractivity contribution in [1.82, 2.24) is 0 Å². The highest BCUT2D eigenvalue weighted by Gasteiger charge is 2.50. The maximum atomic E-state index is 12.0. The second-order valence-electron chi connectivity index (χ2n) is 10.3. The lowest BCUT2D eigenvalue weighted by Gasteiger charge is -2.43. The molecule has 2 unspecified atom stereocenters. The van der Waals surface area contributed by atoms with Crippen molar-refractivity contribution in [2.24, 2.45) is 0 Å². The lowest BCUT2D eigenvalue weighted by atomic mass is 10.1. The Hall–Kier alpha value is -0.122. The van der Waals surface area contributed by atoms with Gasteiger partial charge in [0, 0.05) is 11.6 Å². The number of hydrogen-bond acceptors (Lipinski definition) is 7. The number of ether oxygens (including phenoxy) is 1. The SMILES string of the molecule is C=C(C)C(=O)OC(CC[Si](O[Si](C)(C)C)(O[Si](C)(C)C)O[Si](C)(C)C)C(O)CO. The van der Waals surface area contributed by atoms with Crippen molar-refractivity contribution in [2.45, 2.75) is 90.5 Å². The largest absolute Gasteiger partial charge is 0.469 e. The first-order chi connectivity index (χ1) is 12.8. The summed E-state index contributed by atoms with van der Waals surface area (Å²) in [6.07, 6.45) is -1.82. The predicted molar refractivity (Wildman–Crippen MR) is 126 cm³/mol. The van der Waals surface area contributed by atoms with Gasteiger partial charge in [-0.2, -0.15) is 0 Å². The summed E-state index contributed by atoms with van der Waals surface area (Å²) in [4.78, 5) is 12.0. The minimum Gasteiger partial charge on any atom is -0.456 e. The standard InChI is InChI=1S/C18H42O7Si4/c1-15(2)18(21)22-17(16(20)14-19)12-13-29(23-26(3,4)5,24-27(6,7)8)25-28(9,10)11/h16-17,19-20H,1,12-14H2,2-11H3. The molecule has 0 aromatic rings. The fourth-order valence-corrected chi connectivity index (χ4v) is 17.3. The number of carbonyl (C=O) groups excluding carboxylic acids is 1. The Balaban J connectivity index is 5.88. The molecule has 0 heterocycles. The Morgan fingerprint density at radius 3 is 1.55 bits per heavy atom. The normalized spacial score (nSPS) is 15.7. The summed E-state index contributed by atoms with van der Waals surface area (Å²) < 4.78 is 25.2. The lowest BCUT2D eigenvalue weighted by Crippen LogP contribution is -2.60. The zero-order valence-corrected chi connectivity index (χ0v) is 23.9. The van der Waals surface area contributed by atoms with Crippen LogP contribution < -0.4 is 0 Å². The van der Waals surface area contributed by atoms with E-state index in [2.05, 4.69) is 65.5 Å². The number of carbonyl (C=O) groups is 1. The molecule has 7 nitrogen and oxygen atoms in total. The van der Waals surface area contributed by atoms with Gasteiger partial charge in [-0.3, -0.25) is 0 Å². The molecule has 172 valence electrons. The molecular weight excluding hydrogens is 441 g/mol. The summed E-state index contributed by atoms with van der Waals surface area (Å²) in [5.41, 5.74) is 0.235. The van der Waals surface area contributed by atoms with E-state index in [1.807, 2.05) is 0 Å². The predicted octanol–water partition coefficient (Wildman–Crippen LogP) is 3.71. The minimum absolute atomic E-state index is 0.235. The second-order valence-corrected chi connectivity index (χ2v) is 27.3. The highest BCUT2D eigenvalue weighted by molar-refractivity contribution is 6.90. The first kappa shape index (κ1) is 28.9. The molecule has 0 aliphatic heterocycles. The van der Waals surface area contributed by atoms with E-state index in [0.29, 0.717) is 6.04 Å². The van der Waals surface area contributed by atoms with Crippen molar-refractivity contribution in [1.29, 1.82) is 0 Å². The molecule has 0 spiro atoms. The van der Waals surface area contributed by atoms with Crippen LogP contribution in [-0.4, -0.2) is 68.8 Å². The maximum absolute atomic E-state index is 12.0. The van der Waals surface area contributed by atoms with Gasteiger partial charge in [0.05, 0.1) is 6.61 Å². The third-order valence-corrected chi connectivity index (χ3v) is 15.3. The summed E-state index contributed by atoms with van der Waals surface area (Å²) in [6.45, 7) is 23.5. The van der Waals surface area contributed by atoms with Crippen LogP contribution in [0.25, 0.3) is 0 Å². The molecule has 0 aliphatic rings. The number of esters is 1.